The second-order valence-electron chi connectivity index (χ2n) is 48.8. The molecule has 658 valence electrons. The van der Waals surface area contributed by atoms with E-state index in [1.54, 1.807) is 0 Å². The summed E-state index contributed by atoms with van der Waals surface area (Å²) in [4.78, 5) is 22.4. The zero-order chi connectivity index (χ0) is 93.2. The van der Waals surface area contributed by atoms with Crippen LogP contribution < -0.4 is 26.2 Å². The first-order chi connectivity index (χ1) is 59.8. The predicted octanol–water partition coefficient (Wildman–Crippen LogP) is 31.0. The Balaban J connectivity index is 1.09. The summed E-state index contributed by atoms with van der Waals surface area (Å²) < 4.78 is 5.04. The van der Waals surface area contributed by atoms with Gasteiger partial charge in [-0.25, -0.2) is 0 Å². The van der Waals surface area contributed by atoms with Crippen LogP contribution in [0.1, 0.15) is 296 Å². The van der Waals surface area contributed by atoms with Crippen molar-refractivity contribution in [2.75, 3.05) is 9.80 Å². The number of hydrogen-bond acceptors (Lipinski definition) is 6. The lowest BCUT2D eigenvalue weighted by atomic mass is 9.33. The van der Waals surface area contributed by atoms with Gasteiger partial charge in [0.25, 0.3) is 6.71 Å². The molecule has 0 unspecified atom stereocenters. The summed E-state index contributed by atoms with van der Waals surface area (Å²) in [6.45, 7) is 76.2. The molecule has 0 atom stereocenters. The molecule has 2 aliphatic rings. The summed E-state index contributed by atoms with van der Waals surface area (Å²) in [6.07, 6.45) is 0. The monoisotopic (exact) mass is 1700 g/mol. The standard InChI is InChI=1S/C120H135BN8/c1-110(2,3)76-44-52-94-88(65-76)87-55-71(70-122)43-51-93(87)126(94)81-47-49-91-99(68-81)128(108-83(72-56-79(113(10,11)12)64-80(57-72)114(13,14)15)37-34-38-84(108)73-58-101(115(16,17)18)123-102(59-73)116(19,20)21)97-41-36-42-98-107(97)121(91)92-50-48-82(127-95-53-45-77(111(4,5)6)66-89(95)90-67-78(112(7,8)9)46-54-96(90)127)69-100(92)129(98)109-85(74-60-103(117(22,23)24)124-104(61-74)118(25,26)27)39-35-40-86(109)75-62-105(119(28,29)30)125-106(63-75)120(31,32)33/h34-69H,1-33H3. The molecule has 0 saturated heterocycles. The number of rotatable bonds is 8. The molecule has 0 aliphatic carbocycles. The number of nitrogens with zero attached hydrogens (tertiary/aromatic N) is 8. The van der Waals surface area contributed by atoms with E-state index in [-0.39, 0.29) is 66.3 Å². The molecule has 0 fully saturated rings. The molecule has 15 aromatic rings. The largest absolute Gasteiger partial charge is 0.310 e. The zero-order valence-electron chi connectivity index (χ0n) is 83.4. The third-order valence-electron chi connectivity index (χ3n) is 27.3. The van der Waals surface area contributed by atoms with Gasteiger partial charge in [0.15, 0.2) is 0 Å². The Kier molecular flexibility index (Phi) is 21.0. The Morgan fingerprint density at radius 1 is 0.248 bits per heavy atom. The molecule has 5 aromatic heterocycles. The first-order valence-corrected chi connectivity index (χ1v) is 47.0. The molecule has 0 radical (unpaired) electrons. The minimum absolute atomic E-state index is 0.101. The SMILES string of the molecule is CC(C)(C)c1cc(-c2cccc(-c3cc(C(C)(C)C)nc(C(C)(C)C)c3)c2N2c3cc(-n4c5ccc(C#N)cc5c5cc(C(C)(C)C)ccc54)ccc3B3c4ccc(-n5c6ccc(C(C)(C)C)cc6c6cc(C(C)(C)C)ccc65)cc4N(c4c(-c5cc(C(C)(C)C)nc(C(C)(C)C)c5)cccc4-c4cc(C(C)(C)C)nc(C(C)(C)C)c4)c4cccc2c43)cc(C(C)(C)C)c1. The highest BCUT2D eigenvalue weighted by molar-refractivity contribution is 7.00. The van der Waals surface area contributed by atoms with Crippen molar-refractivity contribution in [2.24, 2.45) is 0 Å². The summed E-state index contributed by atoms with van der Waals surface area (Å²) in [7, 11) is 0. The third kappa shape index (κ3) is 16.0. The molecule has 0 spiro atoms. The minimum atomic E-state index is -0.352. The van der Waals surface area contributed by atoms with Gasteiger partial charge >= 0.3 is 0 Å². The van der Waals surface area contributed by atoms with Gasteiger partial charge in [0.05, 0.1) is 45.1 Å². The fraction of sp³-hybridized carbons (Fsp3) is 0.367. The Morgan fingerprint density at radius 3 is 0.798 bits per heavy atom. The highest BCUT2D eigenvalue weighted by Gasteiger charge is 2.47. The van der Waals surface area contributed by atoms with Gasteiger partial charge < -0.3 is 18.9 Å². The quantitative estimate of drug-likeness (QED) is 0.141. The van der Waals surface area contributed by atoms with Crippen LogP contribution in [0.4, 0.5) is 34.1 Å². The molecule has 10 aromatic carbocycles. The molecule has 0 bridgehead atoms. The van der Waals surface area contributed by atoms with E-state index in [2.05, 4.69) is 466 Å². The summed E-state index contributed by atoms with van der Waals surface area (Å²) in [5.41, 5.74) is 35.9. The number of anilines is 6. The van der Waals surface area contributed by atoms with E-state index in [4.69, 9.17) is 15.0 Å². The summed E-state index contributed by atoms with van der Waals surface area (Å²) in [5.74, 6) is 0. The highest BCUT2D eigenvalue weighted by Crippen LogP contribution is 2.56. The van der Waals surface area contributed by atoms with Gasteiger partial charge in [-0.3, -0.25) is 15.0 Å². The van der Waals surface area contributed by atoms with Gasteiger partial charge in [-0.15, -0.1) is 0 Å². The Morgan fingerprint density at radius 2 is 0.519 bits per heavy atom. The van der Waals surface area contributed by atoms with E-state index in [0.717, 1.165) is 157 Å². The predicted molar refractivity (Wildman–Crippen MR) is 555 cm³/mol. The average Bonchev–Trinajstić information content (AvgIpc) is 1.08. The molecule has 0 saturated carbocycles. The smallest absolute Gasteiger partial charge is 0.252 e. The molecule has 9 heteroatoms. The lowest BCUT2D eigenvalue weighted by Crippen LogP contribution is -2.61. The van der Waals surface area contributed by atoms with Crippen LogP contribution in [-0.2, 0) is 59.6 Å². The van der Waals surface area contributed by atoms with Crippen LogP contribution in [0.15, 0.2) is 218 Å². The number of fused-ring (bicyclic) bond motifs is 10. The second-order valence-corrected chi connectivity index (χ2v) is 48.8. The fourth-order valence-electron chi connectivity index (χ4n) is 19.2. The van der Waals surface area contributed by atoms with Crippen LogP contribution in [0.3, 0.4) is 0 Å². The molecule has 0 amide bonds. The average molecular weight is 1700 g/mol. The van der Waals surface area contributed by atoms with Crippen LogP contribution in [-0.4, -0.2) is 30.8 Å². The van der Waals surface area contributed by atoms with Gasteiger partial charge in [0, 0.05) is 145 Å². The first-order valence-electron chi connectivity index (χ1n) is 47.0. The molecule has 8 nitrogen and oxygen atoms in total. The molecule has 0 N–H and O–H groups in total. The lowest BCUT2D eigenvalue weighted by molar-refractivity contribution is 0.531. The lowest BCUT2D eigenvalue weighted by Gasteiger charge is -2.46. The van der Waals surface area contributed by atoms with E-state index in [9.17, 15) is 5.26 Å². The van der Waals surface area contributed by atoms with E-state index >= 15 is 0 Å². The van der Waals surface area contributed by atoms with Crippen molar-refractivity contribution >= 4 is 101 Å². The minimum Gasteiger partial charge on any atom is -0.310 e. The van der Waals surface area contributed by atoms with Crippen LogP contribution >= 0.6 is 0 Å². The summed E-state index contributed by atoms with van der Waals surface area (Å²) >= 11 is 0. The first kappa shape index (κ1) is 89.4. The van der Waals surface area contributed by atoms with Crippen molar-refractivity contribution in [3.63, 3.8) is 0 Å². The van der Waals surface area contributed by atoms with Crippen LogP contribution in [0.2, 0.25) is 0 Å². The normalized spacial score (nSPS) is 13.9. The van der Waals surface area contributed by atoms with Gasteiger partial charge in [-0.2, -0.15) is 5.26 Å². The molecule has 129 heavy (non-hydrogen) atoms. The van der Waals surface area contributed by atoms with Crippen molar-refractivity contribution < 1.29 is 0 Å². The molecule has 7 heterocycles. The van der Waals surface area contributed by atoms with Crippen molar-refractivity contribution in [2.45, 2.75) is 288 Å². The number of nitriles is 1. The van der Waals surface area contributed by atoms with Gasteiger partial charge in [0.1, 0.15) is 0 Å². The highest BCUT2D eigenvalue weighted by atomic mass is 15.2. The van der Waals surface area contributed by atoms with Gasteiger partial charge in [-0.1, -0.05) is 319 Å². The van der Waals surface area contributed by atoms with Crippen LogP contribution in [0.25, 0.3) is 99.5 Å². The topological polar surface area (TPSA) is 78.8 Å². The maximum absolute atomic E-state index is 10.8. The Labute approximate surface area is 770 Å². The van der Waals surface area contributed by atoms with E-state index in [0.29, 0.717) is 5.56 Å². The second kappa shape index (κ2) is 30.2. The maximum Gasteiger partial charge on any atom is 0.252 e. The van der Waals surface area contributed by atoms with E-state index in [1.165, 1.54) is 55.0 Å². The zero-order valence-corrected chi connectivity index (χ0v) is 83.4. The van der Waals surface area contributed by atoms with Crippen molar-refractivity contribution in [3.8, 4) is 62.0 Å². The van der Waals surface area contributed by atoms with Crippen molar-refractivity contribution in [1.82, 2.24) is 24.1 Å². The number of para-hydroxylation sites is 2. The summed E-state index contributed by atoms with van der Waals surface area (Å²) in [6, 6.07) is 88.6. The molecule has 17 rings (SSSR count). The van der Waals surface area contributed by atoms with Crippen LogP contribution in [0, 0.1) is 11.3 Å². The van der Waals surface area contributed by atoms with Gasteiger partial charge in [-0.05, 0) is 221 Å². The summed E-state index contributed by atoms with van der Waals surface area (Å²) in [5, 5.41) is 15.4. The molecular weight excluding hydrogens is 1560 g/mol. The van der Waals surface area contributed by atoms with E-state index < -0.39 is 0 Å². The Bertz CT molecular complexity index is 6740. The number of benzene rings is 10. The number of pyridine rings is 3. The Hall–Kier alpha value is -11.6. The fourth-order valence-corrected chi connectivity index (χ4v) is 19.2. The number of aromatic nitrogens is 5. The maximum atomic E-state index is 10.8. The van der Waals surface area contributed by atoms with E-state index in [1.807, 2.05) is 6.07 Å². The van der Waals surface area contributed by atoms with Crippen LogP contribution in [0.5, 0.6) is 0 Å². The molecule has 2 aliphatic heterocycles. The van der Waals surface area contributed by atoms with Crippen molar-refractivity contribution in [3.05, 3.63) is 286 Å². The van der Waals surface area contributed by atoms with Gasteiger partial charge in [0.2, 0.25) is 0 Å². The molecular formula is C120H135BN8. The van der Waals surface area contributed by atoms with Crippen molar-refractivity contribution in [1.29, 1.82) is 5.26 Å². The number of hydrogen-bond donors (Lipinski definition) is 0. The third-order valence-corrected chi connectivity index (χ3v) is 27.3.